The van der Waals surface area contributed by atoms with Crippen LogP contribution in [0.4, 0.5) is 31.5 Å². The molecule has 234 valence electrons. The number of aliphatic imine (C=N–C) groups is 1. The van der Waals surface area contributed by atoms with Gasteiger partial charge in [-0.3, -0.25) is 9.79 Å². The molecule has 0 radical (unpaired) electrons. The summed E-state index contributed by atoms with van der Waals surface area (Å²) in [4.78, 5) is 49.8. The maximum absolute atomic E-state index is 14.1. The van der Waals surface area contributed by atoms with Crippen molar-refractivity contribution in [3.05, 3.63) is 46.0 Å². The summed E-state index contributed by atoms with van der Waals surface area (Å²) >= 11 is 0. The lowest BCUT2D eigenvalue weighted by Gasteiger charge is -2.37. The first-order valence-corrected chi connectivity index (χ1v) is 14.3. The maximum atomic E-state index is 14.1. The van der Waals surface area contributed by atoms with E-state index in [-0.39, 0.29) is 62.2 Å². The highest BCUT2D eigenvalue weighted by Crippen LogP contribution is 2.41. The number of nitrogens with zero attached hydrogens (tertiary/aromatic N) is 5. The minimum absolute atomic E-state index is 0.131. The summed E-state index contributed by atoms with van der Waals surface area (Å²) in [7, 11) is 0. The van der Waals surface area contributed by atoms with Crippen LogP contribution in [0, 0.1) is 11.6 Å². The van der Waals surface area contributed by atoms with E-state index < -0.39 is 41.0 Å². The van der Waals surface area contributed by atoms with Crippen molar-refractivity contribution in [2.24, 2.45) is 4.99 Å². The fraction of sp³-hybridized carbons (Fsp3) is 0.586. The molecule has 0 unspecified atom stereocenters. The molecule has 9 nitrogen and oxygen atoms in total. The van der Waals surface area contributed by atoms with E-state index in [0.717, 1.165) is 11.6 Å². The van der Waals surface area contributed by atoms with Crippen molar-refractivity contribution < 1.29 is 41.1 Å². The smallest absolute Gasteiger partial charge is 0.419 e. The highest BCUT2D eigenvalue weighted by molar-refractivity contribution is 6.46. The van der Waals surface area contributed by atoms with Crippen molar-refractivity contribution in [1.29, 1.82) is 0 Å². The number of piperazine rings is 1. The summed E-state index contributed by atoms with van der Waals surface area (Å²) < 4.78 is 73.8. The molecule has 2 fully saturated rings. The first kappa shape index (κ1) is 30.7. The number of hydrogen-bond donors (Lipinski definition) is 0. The largest absolute Gasteiger partial charge is 0.444 e. The summed E-state index contributed by atoms with van der Waals surface area (Å²) in [5.41, 5.74) is -0.699. The number of hydrogen-bond acceptors (Lipinski definition) is 5. The van der Waals surface area contributed by atoms with Crippen molar-refractivity contribution >= 4 is 23.7 Å². The Bertz CT molecular complexity index is 1370. The van der Waals surface area contributed by atoms with Crippen molar-refractivity contribution in [3.8, 4) is 0 Å². The minimum Gasteiger partial charge on any atom is -0.444 e. The number of alkyl halides is 3. The lowest BCUT2D eigenvalue weighted by Crippen LogP contribution is -2.54. The molecule has 0 N–H and O–H groups in total. The number of halogens is 5. The zero-order chi connectivity index (χ0) is 31.3. The van der Waals surface area contributed by atoms with Crippen LogP contribution in [0.25, 0.3) is 0 Å². The quantitative estimate of drug-likeness (QED) is 0.464. The van der Waals surface area contributed by atoms with Gasteiger partial charge in [0.15, 0.2) is 11.6 Å². The topological polar surface area (TPSA) is 85.8 Å². The molecule has 0 atom stereocenters. The summed E-state index contributed by atoms with van der Waals surface area (Å²) in [6.07, 6.45) is -5.17. The normalized spacial score (nSPS) is 20.0. The van der Waals surface area contributed by atoms with E-state index in [9.17, 15) is 36.3 Å². The maximum Gasteiger partial charge on any atom is 0.419 e. The Morgan fingerprint density at radius 2 is 1.49 bits per heavy atom. The van der Waals surface area contributed by atoms with Gasteiger partial charge in [-0.25, -0.2) is 18.4 Å². The van der Waals surface area contributed by atoms with Crippen LogP contribution in [0.2, 0.25) is 0 Å². The molecule has 0 aliphatic carbocycles. The van der Waals surface area contributed by atoms with E-state index in [1.807, 2.05) is 0 Å². The first-order valence-electron chi connectivity index (χ1n) is 14.3. The molecule has 5 rings (SSSR count). The minimum atomic E-state index is -5.05. The summed E-state index contributed by atoms with van der Waals surface area (Å²) in [5.74, 6) is -4.51. The molecule has 1 aromatic carbocycles. The number of carbonyl (C=O) groups is 3. The molecular weight excluding hydrogens is 577 g/mol. The molecular formula is C29H34F5N5O4. The highest BCUT2D eigenvalue weighted by Gasteiger charge is 2.42. The highest BCUT2D eigenvalue weighted by atomic mass is 19.4. The number of rotatable bonds is 2. The second kappa shape index (κ2) is 11.4. The monoisotopic (exact) mass is 611 g/mol. The Kier molecular flexibility index (Phi) is 8.16. The van der Waals surface area contributed by atoms with Gasteiger partial charge < -0.3 is 24.3 Å². The Hall–Kier alpha value is -3.71. The van der Waals surface area contributed by atoms with Crippen molar-refractivity contribution in [1.82, 2.24) is 19.6 Å². The van der Waals surface area contributed by atoms with E-state index in [1.54, 1.807) is 35.5 Å². The Balaban J connectivity index is 1.15. The number of ether oxygens (including phenoxy) is 1. The summed E-state index contributed by atoms with van der Waals surface area (Å²) in [6.45, 7) is 7.85. The third kappa shape index (κ3) is 6.32. The van der Waals surface area contributed by atoms with Crippen LogP contribution >= 0.6 is 0 Å². The van der Waals surface area contributed by atoms with Gasteiger partial charge in [0.05, 0.1) is 18.7 Å². The molecule has 4 amide bonds. The fourth-order valence-electron chi connectivity index (χ4n) is 6.02. The van der Waals surface area contributed by atoms with E-state index in [4.69, 9.17) is 4.74 Å². The summed E-state index contributed by atoms with van der Waals surface area (Å²) in [6, 6.07) is 1.48. The van der Waals surface area contributed by atoms with Gasteiger partial charge in [0.1, 0.15) is 11.3 Å². The van der Waals surface area contributed by atoms with Crippen LogP contribution in [0.1, 0.15) is 50.7 Å². The third-order valence-corrected chi connectivity index (χ3v) is 8.18. The van der Waals surface area contributed by atoms with Crippen LogP contribution < -0.4 is 0 Å². The van der Waals surface area contributed by atoms with Gasteiger partial charge in [0, 0.05) is 51.4 Å². The second-order valence-corrected chi connectivity index (χ2v) is 12.2. The molecule has 4 aliphatic rings. The average Bonchev–Trinajstić information content (AvgIpc) is 3.53. The van der Waals surface area contributed by atoms with Gasteiger partial charge in [-0.15, -0.1) is 0 Å². The molecule has 0 spiro atoms. The Morgan fingerprint density at radius 1 is 0.860 bits per heavy atom. The predicted octanol–water partition coefficient (Wildman–Crippen LogP) is 4.43. The lowest BCUT2D eigenvalue weighted by atomic mass is 9.85. The molecule has 4 heterocycles. The third-order valence-electron chi connectivity index (χ3n) is 8.18. The fourth-order valence-corrected chi connectivity index (χ4v) is 6.02. The number of piperidine rings is 1. The van der Waals surface area contributed by atoms with Crippen molar-refractivity contribution in [3.63, 3.8) is 0 Å². The molecule has 1 aromatic rings. The molecule has 14 heteroatoms. The van der Waals surface area contributed by atoms with Gasteiger partial charge in [-0.1, -0.05) is 6.07 Å². The van der Waals surface area contributed by atoms with Crippen molar-refractivity contribution in [2.75, 3.05) is 58.9 Å². The predicted molar refractivity (Wildman–Crippen MR) is 146 cm³/mol. The standard InChI is InChI=1S/C29H34F5N5O4/c1-28(2,3)43-27(42)38-12-10-37(11-13-38)26(41)39-15-18-14-35-24(20(18)16-39)25(40)36-8-6-17(7-9-36)19-4-5-21(30)23(31)22(19)29(32,33)34/h4-5,17H,6-16H2,1-3H3. The van der Waals surface area contributed by atoms with Crippen LogP contribution in [0.15, 0.2) is 28.3 Å². The van der Waals surface area contributed by atoms with E-state index in [2.05, 4.69) is 4.99 Å². The summed E-state index contributed by atoms with van der Waals surface area (Å²) in [5, 5.41) is 0. The molecule has 0 saturated carbocycles. The Labute approximate surface area is 245 Å². The molecule has 2 saturated heterocycles. The van der Waals surface area contributed by atoms with Gasteiger partial charge >= 0.3 is 18.3 Å². The van der Waals surface area contributed by atoms with Gasteiger partial charge in [0.2, 0.25) is 0 Å². The van der Waals surface area contributed by atoms with Crippen molar-refractivity contribution in [2.45, 2.75) is 51.3 Å². The number of benzene rings is 1. The number of urea groups is 1. The zero-order valence-corrected chi connectivity index (χ0v) is 24.3. The van der Waals surface area contributed by atoms with Gasteiger partial charge in [-0.2, -0.15) is 13.2 Å². The number of likely N-dealkylation sites (tertiary alicyclic amines) is 1. The lowest BCUT2D eigenvalue weighted by molar-refractivity contribution is -0.141. The van der Waals surface area contributed by atoms with Crippen LogP contribution in [0.5, 0.6) is 0 Å². The van der Waals surface area contributed by atoms with Gasteiger partial charge in [-0.05, 0) is 56.7 Å². The molecule has 4 aliphatic heterocycles. The zero-order valence-electron chi connectivity index (χ0n) is 24.3. The van der Waals surface area contributed by atoms with Crippen LogP contribution in [-0.2, 0) is 15.7 Å². The number of carbonyl (C=O) groups excluding carboxylic acids is 3. The van der Waals surface area contributed by atoms with E-state index in [1.165, 1.54) is 4.90 Å². The SMILES string of the molecule is CC(C)(C)OC(=O)N1CCN(C(=O)N2CC3=C(C2)C(C(=O)N2CCC(c4ccc(F)c(F)c4C(F)(F)F)CC2)=NC3)CC1. The van der Waals surface area contributed by atoms with Gasteiger partial charge in [0.25, 0.3) is 5.91 Å². The molecule has 0 bridgehead atoms. The molecule has 0 aromatic heterocycles. The van der Waals surface area contributed by atoms with E-state index >= 15 is 0 Å². The molecule has 43 heavy (non-hydrogen) atoms. The second-order valence-electron chi connectivity index (χ2n) is 12.2. The first-order chi connectivity index (χ1) is 20.1. The number of amides is 4. The van der Waals surface area contributed by atoms with Crippen LogP contribution in [-0.4, -0.2) is 108 Å². The average molecular weight is 612 g/mol. The Morgan fingerprint density at radius 3 is 2.09 bits per heavy atom. The van der Waals surface area contributed by atoms with Crippen LogP contribution in [0.3, 0.4) is 0 Å². The van der Waals surface area contributed by atoms with E-state index in [0.29, 0.717) is 44.4 Å².